The van der Waals surface area contributed by atoms with Crippen LogP contribution in [0.5, 0.6) is 0 Å². The summed E-state index contributed by atoms with van der Waals surface area (Å²) in [6.45, 7) is 2.11. The van der Waals surface area contributed by atoms with Gasteiger partial charge in [-0.25, -0.2) is 9.97 Å². The van der Waals surface area contributed by atoms with Crippen LogP contribution in [0.4, 0.5) is 5.82 Å². The van der Waals surface area contributed by atoms with E-state index in [0.29, 0.717) is 11.0 Å². The Bertz CT molecular complexity index is 371. The molecule has 0 saturated heterocycles. The number of nitrogens with zero attached hydrogens (tertiary/aromatic N) is 2. The van der Waals surface area contributed by atoms with Crippen LogP contribution in [-0.4, -0.2) is 29.6 Å². The Balaban J connectivity index is 2.78. The van der Waals surface area contributed by atoms with Gasteiger partial charge in [0.15, 0.2) is 0 Å². The van der Waals surface area contributed by atoms with Gasteiger partial charge in [-0.05, 0) is 6.42 Å². The van der Waals surface area contributed by atoms with Gasteiger partial charge in [0.25, 0.3) is 0 Å². The number of carbonyl (C=O) groups excluding carboxylic acids is 1. The smallest absolute Gasteiger partial charge is 0.325 e. The number of halogens is 1. The number of anilines is 1. The van der Waals surface area contributed by atoms with Crippen LogP contribution in [0.1, 0.15) is 18.9 Å². The van der Waals surface area contributed by atoms with Crippen molar-refractivity contribution >= 4 is 23.4 Å². The number of aromatic nitrogens is 2. The molecule has 0 aliphatic carbocycles. The van der Waals surface area contributed by atoms with Crippen LogP contribution in [0, 0.1) is 0 Å². The Morgan fingerprint density at radius 3 is 2.94 bits per heavy atom. The van der Waals surface area contributed by atoms with E-state index < -0.39 is 0 Å². The standard InChI is InChI=1S/C10H14ClN3O2/c1-3-4-7-9(11)13-6-14-10(7)12-5-8(15)16-2/h6H,3-5H2,1-2H3,(H,12,13,14). The molecule has 0 spiro atoms. The molecule has 6 heteroatoms. The predicted octanol–water partition coefficient (Wildman–Crippen LogP) is 1.67. The molecule has 0 amide bonds. The average Bonchev–Trinajstić information content (AvgIpc) is 2.29. The summed E-state index contributed by atoms with van der Waals surface area (Å²) in [5.74, 6) is 0.240. The van der Waals surface area contributed by atoms with Crippen LogP contribution in [0.3, 0.4) is 0 Å². The minimum atomic E-state index is -0.350. The van der Waals surface area contributed by atoms with Gasteiger partial charge in [-0.15, -0.1) is 0 Å². The molecular weight excluding hydrogens is 230 g/mol. The van der Waals surface area contributed by atoms with E-state index in [1.165, 1.54) is 13.4 Å². The van der Waals surface area contributed by atoms with Gasteiger partial charge in [0.05, 0.1) is 7.11 Å². The monoisotopic (exact) mass is 243 g/mol. The summed E-state index contributed by atoms with van der Waals surface area (Å²) in [4.78, 5) is 18.9. The number of nitrogens with one attached hydrogen (secondary N) is 1. The van der Waals surface area contributed by atoms with Gasteiger partial charge < -0.3 is 10.1 Å². The summed E-state index contributed by atoms with van der Waals surface area (Å²) in [7, 11) is 1.34. The topological polar surface area (TPSA) is 64.1 Å². The molecular formula is C10H14ClN3O2. The number of ether oxygens (including phenoxy) is 1. The number of carbonyl (C=O) groups is 1. The zero-order valence-corrected chi connectivity index (χ0v) is 10.0. The number of hydrogen-bond donors (Lipinski definition) is 1. The van der Waals surface area contributed by atoms with Crippen molar-refractivity contribution in [3.63, 3.8) is 0 Å². The second kappa shape index (κ2) is 6.27. The van der Waals surface area contributed by atoms with Gasteiger partial charge in [0.2, 0.25) is 0 Å². The van der Waals surface area contributed by atoms with Crippen molar-refractivity contribution in [1.29, 1.82) is 0 Å². The van der Waals surface area contributed by atoms with Gasteiger partial charge in [-0.1, -0.05) is 24.9 Å². The Morgan fingerprint density at radius 2 is 2.31 bits per heavy atom. The van der Waals surface area contributed by atoms with E-state index in [9.17, 15) is 4.79 Å². The van der Waals surface area contributed by atoms with Crippen molar-refractivity contribution in [3.05, 3.63) is 17.0 Å². The van der Waals surface area contributed by atoms with E-state index in [1.807, 2.05) is 6.92 Å². The molecule has 88 valence electrons. The molecule has 0 aliphatic heterocycles. The summed E-state index contributed by atoms with van der Waals surface area (Å²) >= 11 is 5.95. The first-order chi connectivity index (χ1) is 7.69. The zero-order valence-electron chi connectivity index (χ0n) is 9.29. The zero-order chi connectivity index (χ0) is 12.0. The summed E-state index contributed by atoms with van der Waals surface area (Å²) in [5.41, 5.74) is 0.829. The molecule has 1 aromatic heterocycles. The van der Waals surface area contributed by atoms with E-state index in [1.54, 1.807) is 0 Å². The number of hydrogen-bond acceptors (Lipinski definition) is 5. The minimum absolute atomic E-state index is 0.0700. The second-order valence-corrected chi connectivity index (χ2v) is 3.53. The highest BCUT2D eigenvalue weighted by Gasteiger charge is 2.10. The first-order valence-electron chi connectivity index (χ1n) is 4.99. The summed E-state index contributed by atoms with van der Waals surface area (Å²) in [5, 5.41) is 3.30. The molecule has 1 aromatic rings. The number of esters is 1. The summed E-state index contributed by atoms with van der Waals surface area (Å²) in [6.07, 6.45) is 3.06. The Hall–Kier alpha value is -1.36. The van der Waals surface area contributed by atoms with Crippen LogP contribution in [0.25, 0.3) is 0 Å². The largest absolute Gasteiger partial charge is 0.468 e. The van der Waals surface area contributed by atoms with E-state index in [2.05, 4.69) is 20.0 Å². The van der Waals surface area contributed by atoms with Crippen LogP contribution < -0.4 is 5.32 Å². The van der Waals surface area contributed by atoms with Gasteiger partial charge in [0.1, 0.15) is 23.8 Å². The van der Waals surface area contributed by atoms with Crippen molar-refractivity contribution in [2.75, 3.05) is 19.0 Å². The maximum absolute atomic E-state index is 11.0. The lowest BCUT2D eigenvalue weighted by Gasteiger charge is -2.09. The third-order valence-electron chi connectivity index (χ3n) is 2.02. The Labute approximate surface area is 99.2 Å². The molecule has 1 heterocycles. The van der Waals surface area contributed by atoms with E-state index in [0.717, 1.165) is 18.4 Å². The van der Waals surface area contributed by atoms with Crippen LogP contribution in [0.15, 0.2) is 6.33 Å². The summed E-state index contributed by atoms with van der Waals surface area (Å²) in [6, 6.07) is 0. The van der Waals surface area contributed by atoms with Crippen molar-refractivity contribution in [2.24, 2.45) is 0 Å². The maximum Gasteiger partial charge on any atom is 0.325 e. The lowest BCUT2D eigenvalue weighted by Crippen LogP contribution is -2.17. The second-order valence-electron chi connectivity index (χ2n) is 3.17. The van der Waals surface area contributed by atoms with E-state index >= 15 is 0 Å². The van der Waals surface area contributed by atoms with Gasteiger partial charge in [0, 0.05) is 5.56 Å². The predicted molar refractivity (Wildman–Crippen MR) is 61.5 cm³/mol. The Kier molecular flexibility index (Phi) is 4.98. The molecule has 0 unspecified atom stereocenters. The van der Waals surface area contributed by atoms with Crippen LogP contribution >= 0.6 is 11.6 Å². The molecule has 0 aromatic carbocycles. The molecule has 0 aliphatic rings. The highest BCUT2D eigenvalue weighted by atomic mass is 35.5. The Morgan fingerprint density at radius 1 is 1.56 bits per heavy atom. The van der Waals surface area contributed by atoms with Crippen molar-refractivity contribution in [3.8, 4) is 0 Å². The van der Waals surface area contributed by atoms with Crippen molar-refractivity contribution in [1.82, 2.24) is 9.97 Å². The van der Waals surface area contributed by atoms with Gasteiger partial charge in [-0.3, -0.25) is 4.79 Å². The molecule has 0 atom stereocenters. The third-order valence-corrected chi connectivity index (χ3v) is 2.35. The molecule has 0 saturated carbocycles. The van der Waals surface area contributed by atoms with E-state index in [-0.39, 0.29) is 12.5 Å². The van der Waals surface area contributed by atoms with Crippen molar-refractivity contribution in [2.45, 2.75) is 19.8 Å². The van der Waals surface area contributed by atoms with E-state index in [4.69, 9.17) is 11.6 Å². The molecule has 0 fully saturated rings. The lowest BCUT2D eigenvalue weighted by molar-refractivity contribution is -0.138. The van der Waals surface area contributed by atoms with Crippen LogP contribution in [-0.2, 0) is 16.0 Å². The lowest BCUT2D eigenvalue weighted by atomic mass is 10.2. The van der Waals surface area contributed by atoms with Gasteiger partial charge in [-0.2, -0.15) is 0 Å². The van der Waals surface area contributed by atoms with Crippen LogP contribution in [0.2, 0.25) is 5.15 Å². The molecule has 1 N–H and O–H groups in total. The fourth-order valence-corrected chi connectivity index (χ4v) is 1.47. The molecule has 1 rings (SSSR count). The normalized spacial score (nSPS) is 9.94. The highest BCUT2D eigenvalue weighted by Crippen LogP contribution is 2.21. The van der Waals surface area contributed by atoms with Crippen molar-refractivity contribution < 1.29 is 9.53 Å². The third kappa shape index (κ3) is 3.34. The van der Waals surface area contributed by atoms with Gasteiger partial charge >= 0.3 is 5.97 Å². The first-order valence-corrected chi connectivity index (χ1v) is 5.36. The quantitative estimate of drug-likeness (QED) is 0.630. The molecule has 16 heavy (non-hydrogen) atoms. The molecule has 0 radical (unpaired) electrons. The minimum Gasteiger partial charge on any atom is -0.468 e. The molecule has 5 nitrogen and oxygen atoms in total. The highest BCUT2D eigenvalue weighted by molar-refractivity contribution is 6.30. The first kappa shape index (κ1) is 12.7. The fourth-order valence-electron chi connectivity index (χ4n) is 1.24. The fraction of sp³-hybridized carbons (Fsp3) is 0.500. The average molecular weight is 244 g/mol. The SMILES string of the molecule is CCCc1c(Cl)ncnc1NCC(=O)OC. The number of methoxy groups -OCH3 is 1. The molecule has 0 bridgehead atoms. The summed E-state index contributed by atoms with van der Waals surface area (Å²) < 4.78 is 4.52. The number of rotatable bonds is 5. The maximum atomic E-state index is 11.0.